The monoisotopic (exact) mass is 274 g/mol. The molecule has 1 aromatic carbocycles. The molecule has 1 aliphatic heterocycles. The summed E-state index contributed by atoms with van der Waals surface area (Å²) in [5.74, 6) is 0.719. The van der Waals surface area contributed by atoms with Gasteiger partial charge in [-0.05, 0) is 19.1 Å². The summed E-state index contributed by atoms with van der Waals surface area (Å²) in [6, 6.07) is 5.62. The average Bonchev–Trinajstić information content (AvgIpc) is 2.83. The summed E-state index contributed by atoms with van der Waals surface area (Å²) >= 11 is 1.56. The van der Waals surface area contributed by atoms with E-state index in [2.05, 4.69) is 10.3 Å². The summed E-state index contributed by atoms with van der Waals surface area (Å²) in [5.41, 5.74) is 2.36. The summed E-state index contributed by atoms with van der Waals surface area (Å²) in [7, 11) is 0. The summed E-state index contributed by atoms with van der Waals surface area (Å²) < 4.78 is 5.62. The average molecular weight is 274 g/mol. The standard InChI is InChI=1S/C14H14N2O2S/c1-9-16-10(8-19-9)7-13(17)11-3-2-4-12-14(11)18-6-5-15-12/h2-4,8,15H,5-7H2,1H3. The van der Waals surface area contributed by atoms with Crippen molar-refractivity contribution in [3.63, 3.8) is 0 Å². The van der Waals surface area contributed by atoms with E-state index in [1.165, 1.54) is 0 Å². The summed E-state index contributed by atoms with van der Waals surface area (Å²) in [6.07, 6.45) is 0.324. The predicted octanol–water partition coefficient (Wildman–Crippen LogP) is 2.68. The molecule has 0 radical (unpaired) electrons. The molecule has 1 N–H and O–H groups in total. The van der Waals surface area contributed by atoms with E-state index in [0.29, 0.717) is 24.3 Å². The SMILES string of the molecule is Cc1nc(CC(=O)c2cccc3c2OCCN3)cs1. The Morgan fingerprint density at radius 2 is 2.42 bits per heavy atom. The fraction of sp³-hybridized carbons (Fsp3) is 0.286. The van der Waals surface area contributed by atoms with E-state index in [4.69, 9.17) is 4.74 Å². The molecule has 1 aliphatic rings. The van der Waals surface area contributed by atoms with Gasteiger partial charge in [0, 0.05) is 11.9 Å². The maximum absolute atomic E-state index is 12.4. The van der Waals surface area contributed by atoms with Gasteiger partial charge in [-0.25, -0.2) is 4.98 Å². The molecule has 0 spiro atoms. The van der Waals surface area contributed by atoms with Crippen molar-refractivity contribution in [1.29, 1.82) is 0 Å². The Morgan fingerprint density at radius 3 is 3.21 bits per heavy atom. The molecule has 98 valence electrons. The number of nitrogens with zero attached hydrogens (tertiary/aromatic N) is 1. The van der Waals surface area contributed by atoms with Crippen LogP contribution < -0.4 is 10.1 Å². The highest BCUT2D eigenvalue weighted by Crippen LogP contribution is 2.32. The molecule has 0 unspecified atom stereocenters. The quantitative estimate of drug-likeness (QED) is 0.874. The fourth-order valence-corrected chi connectivity index (χ4v) is 2.75. The number of ether oxygens (including phenoxy) is 1. The van der Waals surface area contributed by atoms with Gasteiger partial charge in [0.1, 0.15) is 6.61 Å². The number of Topliss-reactive ketones (excluding diaryl/α,β-unsaturated/α-hetero) is 1. The first-order valence-electron chi connectivity index (χ1n) is 6.18. The van der Waals surface area contributed by atoms with Gasteiger partial charge in [-0.1, -0.05) is 6.07 Å². The number of aryl methyl sites for hydroxylation is 1. The first kappa shape index (κ1) is 12.2. The lowest BCUT2D eigenvalue weighted by atomic mass is 10.0. The number of aromatic nitrogens is 1. The smallest absolute Gasteiger partial charge is 0.172 e. The topological polar surface area (TPSA) is 51.2 Å². The van der Waals surface area contributed by atoms with E-state index in [-0.39, 0.29) is 5.78 Å². The number of para-hydroxylation sites is 1. The Hall–Kier alpha value is -1.88. The molecular weight excluding hydrogens is 260 g/mol. The van der Waals surface area contributed by atoms with E-state index in [1.54, 1.807) is 11.3 Å². The van der Waals surface area contributed by atoms with E-state index in [0.717, 1.165) is 22.9 Å². The number of benzene rings is 1. The number of thiazole rings is 1. The van der Waals surface area contributed by atoms with Crippen LogP contribution in [0.15, 0.2) is 23.6 Å². The van der Waals surface area contributed by atoms with Gasteiger partial charge in [-0.15, -0.1) is 11.3 Å². The molecule has 0 saturated carbocycles. The number of nitrogens with one attached hydrogen (secondary N) is 1. The molecule has 0 aliphatic carbocycles. The highest BCUT2D eigenvalue weighted by molar-refractivity contribution is 7.09. The minimum absolute atomic E-state index is 0.0471. The minimum Gasteiger partial charge on any atom is -0.489 e. The largest absolute Gasteiger partial charge is 0.489 e. The van der Waals surface area contributed by atoms with Crippen molar-refractivity contribution in [3.05, 3.63) is 39.8 Å². The molecule has 0 saturated heterocycles. The minimum atomic E-state index is 0.0471. The lowest BCUT2D eigenvalue weighted by Gasteiger charge is -2.21. The highest BCUT2D eigenvalue weighted by atomic mass is 32.1. The molecule has 5 heteroatoms. The van der Waals surface area contributed by atoms with Crippen molar-refractivity contribution >= 4 is 22.8 Å². The highest BCUT2D eigenvalue weighted by Gasteiger charge is 2.19. The maximum Gasteiger partial charge on any atom is 0.172 e. The van der Waals surface area contributed by atoms with E-state index >= 15 is 0 Å². The molecule has 0 amide bonds. The zero-order chi connectivity index (χ0) is 13.2. The van der Waals surface area contributed by atoms with Crippen molar-refractivity contribution in [2.24, 2.45) is 0 Å². The van der Waals surface area contributed by atoms with Crippen molar-refractivity contribution in [3.8, 4) is 5.75 Å². The predicted molar refractivity (Wildman–Crippen MR) is 75.3 cm³/mol. The van der Waals surface area contributed by atoms with Crippen LogP contribution in [0, 0.1) is 6.92 Å². The van der Waals surface area contributed by atoms with Crippen LogP contribution in [-0.4, -0.2) is 23.9 Å². The number of carbonyl (C=O) groups excluding carboxylic acids is 1. The Kier molecular flexibility index (Phi) is 3.21. The Morgan fingerprint density at radius 1 is 1.53 bits per heavy atom. The second kappa shape index (κ2) is 5.01. The normalized spacial score (nSPS) is 13.3. The first-order chi connectivity index (χ1) is 9.24. The number of rotatable bonds is 3. The third-order valence-corrected chi connectivity index (χ3v) is 3.81. The van der Waals surface area contributed by atoms with Gasteiger partial charge in [0.15, 0.2) is 11.5 Å². The molecule has 2 aromatic rings. The maximum atomic E-state index is 12.4. The third-order valence-electron chi connectivity index (χ3n) is 2.99. The van der Waals surface area contributed by atoms with Gasteiger partial charge in [0.25, 0.3) is 0 Å². The van der Waals surface area contributed by atoms with Gasteiger partial charge < -0.3 is 10.1 Å². The number of carbonyl (C=O) groups is 1. The molecule has 19 heavy (non-hydrogen) atoms. The first-order valence-corrected chi connectivity index (χ1v) is 7.06. The lowest BCUT2D eigenvalue weighted by Crippen LogP contribution is -2.20. The van der Waals surface area contributed by atoms with Gasteiger partial charge in [0.2, 0.25) is 0 Å². The van der Waals surface area contributed by atoms with Gasteiger partial charge in [-0.2, -0.15) is 0 Å². The number of hydrogen-bond donors (Lipinski definition) is 1. The van der Waals surface area contributed by atoms with Gasteiger partial charge in [-0.3, -0.25) is 4.79 Å². The van der Waals surface area contributed by atoms with Crippen LogP contribution in [0.2, 0.25) is 0 Å². The van der Waals surface area contributed by atoms with Crippen LogP contribution in [0.3, 0.4) is 0 Å². The Labute approximate surface area is 115 Å². The molecule has 2 heterocycles. The molecular formula is C14H14N2O2S. The molecule has 0 atom stereocenters. The van der Waals surface area contributed by atoms with E-state index in [9.17, 15) is 4.79 Å². The number of ketones is 1. The number of fused-ring (bicyclic) bond motifs is 1. The van der Waals surface area contributed by atoms with Crippen LogP contribution >= 0.6 is 11.3 Å². The van der Waals surface area contributed by atoms with Gasteiger partial charge >= 0.3 is 0 Å². The van der Waals surface area contributed by atoms with Gasteiger partial charge in [0.05, 0.1) is 28.4 Å². The summed E-state index contributed by atoms with van der Waals surface area (Å²) in [6.45, 7) is 3.30. The van der Waals surface area contributed by atoms with E-state index in [1.807, 2.05) is 30.5 Å². The number of hydrogen-bond acceptors (Lipinski definition) is 5. The lowest BCUT2D eigenvalue weighted by molar-refractivity contribution is 0.0988. The van der Waals surface area contributed by atoms with E-state index < -0.39 is 0 Å². The Balaban J connectivity index is 1.87. The zero-order valence-electron chi connectivity index (χ0n) is 10.6. The van der Waals surface area contributed by atoms with Crippen LogP contribution in [-0.2, 0) is 6.42 Å². The summed E-state index contributed by atoms with van der Waals surface area (Å²) in [4.78, 5) is 16.7. The fourth-order valence-electron chi connectivity index (χ4n) is 2.14. The molecule has 3 rings (SSSR count). The second-order valence-corrected chi connectivity index (χ2v) is 5.48. The zero-order valence-corrected chi connectivity index (χ0v) is 11.4. The van der Waals surface area contributed by atoms with Crippen molar-refractivity contribution in [2.45, 2.75) is 13.3 Å². The van der Waals surface area contributed by atoms with Crippen LogP contribution in [0.1, 0.15) is 21.1 Å². The van der Waals surface area contributed by atoms with Crippen molar-refractivity contribution < 1.29 is 9.53 Å². The molecule has 4 nitrogen and oxygen atoms in total. The molecule has 0 bridgehead atoms. The van der Waals surface area contributed by atoms with Crippen LogP contribution in [0.5, 0.6) is 5.75 Å². The summed E-state index contributed by atoms with van der Waals surface area (Å²) in [5, 5.41) is 6.15. The van der Waals surface area contributed by atoms with Crippen molar-refractivity contribution in [2.75, 3.05) is 18.5 Å². The van der Waals surface area contributed by atoms with Crippen LogP contribution in [0.4, 0.5) is 5.69 Å². The Bertz CT molecular complexity index is 622. The second-order valence-electron chi connectivity index (χ2n) is 4.42. The molecule has 1 aromatic heterocycles. The van der Waals surface area contributed by atoms with Crippen LogP contribution in [0.25, 0.3) is 0 Å². The number of anilines is 1. The van der Waals surface area contributed by atoms with Crippen molar-refractivity contribution in [1.82, 2.24) is 4.98 Å². The molecule has 0 fully saturated rings. The third kappa shape index (κ3) is 2.46.